The first kappa shape index (κ1) is 16.9. The lowest BCUT2D eigenvalue weighted by atomic mass is 10.1. The lowest BCUT2D eigenvalue weighted by molar-refractivity contribution is -0.130. The third-order valence-electron chi connectivity index (χ3n) is 2.28. The zero-order chi connectivity index (χ0) is 14.3. The van der Waals surface area contributed by atoms with Crippen molar-refractivity contribution in [1.29, 1.82) is 0 Å². The minimum atomic E-state index is -0.577. The second-order valence-corrected chi connectivity index (χ2v) is 5.33. The highest BCUT2D eigenvalue weighted by Gasteiger charge is 2.21. The number of amides is 2. The van der Waals surface area contributed by atoms with Crippen LogP contribution in [0.2, 0.25) is 0 Å². The molecule has 106 valence electrons. The summed E-state index contributed by atoms with van der Waals surface area (Å²) in [5.41, 5.74) is 5.10. The SMILES string of the molecule is COC(CN)CC(=O)NC(C)C(=O)NC(C)(C)C. The molecule has 0 heterocycles. The monoisotopic (exact) mass is 259 g/mol. The molecule has 0 spiro atoms. The predicted molar refractivity (Wildman–Crippen MR) is 70.0 cm³/mol. The van der Waals surface area contributed by atoms with Crippen LogP contribution in [0.5, 0.6) is 0 Å². The minimum Gasteiger partial charge on any atom is -0.380 e. The van der Waals surface area contributed by atoms with Crippen molar-refractivity contribution >= 4 is 11.8 Å². The van der Waals surface area contributed by atoms with E-state index in [1.165, 1.54) is 7.11 Å². The van der Waals surface area contributed by atoms with Crippen molar-refractivity contribution in [3.8, 4) is 0 Å². The summed E-state index contributed by atoms with van der Waals surface area (Å²) >= 11 is 0. The van der Waals surface area contributed by atoms with E-state index in [2.05, 4.69) is 10.6 Å². The van der Waals surface area contributed by atoms with Crippen LogP contribution in [0.15, 0.2) is 0 Å². The Morgan fingerprint density at radius 3 is 2.28 bits per heavy atom. The fourth-order valence-electron chi connectivity index (χ4n) is 1.31. The molecule has 0 fully saturated rings. The molecular weight excluding hydrogens is 234 g/mol. The van der Waals surface area contributed by atoms with E-state index >= 15 is 0 Å². The van der Waals surface area contributed by atoms with E-state index < -0.39 is 6.04 Å². The molecule has 0 aromatic carbocycles. The molecule has 6 nitrogen and oxygen atoms in total. The number of rotatable bonds is 6. The molecule has 0 rings (SSSR count). The number of methoxy groups -OCH3 is 1. The first-order chi connectivity index (χ1) is 8.19. The Morgan fingerprint density at radius 2 is 1.89 bits per heavy atom. The maximum atomic E-state index is 11.7. The van der Waals surface area contributed by atoms with Crippen molar-refractivity contribution < 1.29 is 14.3 Å². The summed E-state index contributed by atoms with van der Waals surface area (Å²) in [5, 5.41) is 5.41. The largest absolute Gasteiger partial charge is 0.380 e. The van der Waals surface area contributed by atoms with Crippen molar-refractivity contribution in [3.05, 3.63) is 0 Å². The van der Waals surface area contributed by atoms with Gasteiger partial charge in [-0.2, -0.15) is 0 Å². The van der Waals surface area contributed by atoms with Crippen molar-refractivity contribution in [2.24, 2.45) is 5.73 Å². The summed E-state index contributed by atoms with van der Waals surface area (Å²) in [6.07, 6.45) is -0.164. The highest BCUT2D eigenvalue weighted by atomic mass is 16.5. The molecule has 0 bridgehead atoms. The van der Waals surface area contributed by atoms with Crippen molar-refractivity contribution in [3.63, 3.8) is 0 Å². The van der Waals surface area contributed by atoms with Crippen LogP contribution in [0.4, 0.5) is 0 Å². The molecule has 2 atom stereocenters. The summed E-state index contributed by atoms with van der Waals surface area (Å²) < 4.78 is 5.01. The Balaban J connectivity index is 4.19. The van der Waals surface area contributed by atoms with Gasteiger partial charge >= 0.3 is 0 Å². The van der Waals surface area contributed by atoms with Gasteiger partial charge in [0.2, 0.25) is 11.8 Å². The Hall–Kier alpha value is -1.14. The van der Waals surface area contributed by atoms with Gasteiger partial charge < -0.3 is 21.1 Å². The van der Waals surface area contributed by atoms with Crippen LogP contribution in [0.3, 0.4) is 0 Å². The molecule has 18 heavy (non-hydrogen) atoms. The zero-order valence-electron chi connectivity index (χ0n) is 11.9. The van der Waals surface area contributed by atoms with E-state index in [1.807, 2.05) is 20.8 Å². The Labute approximate surface area is 109 Å². The molecule has 4 N–H and O–H groups in total. The number of hydrogen-bond acceptors (Lipinski definition) is 4. The summed E-state index contributed by atoms with van der Waals surface area (Å²) in [7, 11) is 1.50. The molecule has 0 aromatic heterocycles. The van der Waals surface area contributed by atoms with Gasteiger partial charge in [0.15, 0.2) is 0 Å². The molecule has 0 aromatic rings. The Morgan fingerprint density at radius 1 is 1.33 bits per heavy atom. The van der Waals surface area contributed by atoms with E-state index in [1.54, 1.807) is 6.92 Å². The van der Waals surface area contributed by atoms with Gasteiger partial charge in [0.1, 0.15) is 6.04 Å². The molecular formula is C12H25N3O3. The van der Waals surface area contributed by atoms with Crippen LogP contribution in [0, 0.1) is 0 Å². The maximum Gasteiger partial charge on any atom is 0.242 e. The summed E-state index contributed by atoms with van der Waals surface area (Å²) in [4.78, 5) is 23.4. The number of ether oxygens (including phenoxy) is 1. The third kappa shape index (κ3) is 7.24. The normalized spacial score (nSPS) is 14.8. The van der Waals surface area contributed by atoms with Crippen LogP contribution >= 0.6 is 0 Å². The van der Waals surface area contributed by atoms with E-state index in [4.69, 9.17) is 10.5 Å². The van der Waals surface area contributed by atoms with Gasteiger partial charge in [0.25, 0.3) is 0 Å². The minimum absolute atomic E-state index is 0.153. The average Bonchev–Trinajstić information content (AvgIpc) is 2.23. The van der Waals surface area contributed by atoms with Crippen LogP contribution in [-0.4, -0.2) is 43.2 Å². The van der Waals surface area contributed by atoms with Crippen LogP contribution in [0.1, 0.15) is 34.1 Å². The Kier molecular flexibility index (Phi) is 6.86. The number of nitrogens with two attached hydrogens (primary N) is 1. The van der Waals surface area contributed by atoms with Gasteiger partial charge in [-0.05, 0) is 27.7 Å². The van der Waals surface area contributed by atoms with Gasteiger partial charge in [-0.1, -0.05) is 0 Å². The van der Waals surface area contributed by atoms with Crippen LogP contribution in [-0.2, 0) is 14.3 Å². The Bertz CT molecular complexity index is 283. The molecule has 0 aliphatic carbocycles. The van der Waals surface area contributed by atoms with Crippen molar-refractivity contribution in [2.45, 2.75) is 51.8 Å². The topological polar surface area (TPSA) is 93.4 Å². The lowest BCUT2D eigenvalue weighted by Crippen LogP contribution is -2.51. The molecule has 2 unspecified atom stereocenters. The van der Waals surface area contributed by atoms with Gasteiger partial charge in [0, 0.05) is 19.2 Å². The number of nitrogens with one attached hydrogen (secondary N) is 2. The van der Waals surface area contributed by atoms with E-state index in [-0.39, 0.29) is 36.4 Å². The molecule has 0 radical (unpaired) electrons. The fourth-order valence-corrected chi connectivity index (χ4v) is 1.31. The quantitative estimate of drug-likeness (QED) is 0.614. The van der Waals surface area contributed by atoms with Crippen LogP contribution < -0.4 is 16.4 Å². The van der Waals surface area contributed by atoms with E-state index in [0.29, 0.717) is 0 Å². The molecule has 0 aliphatic heterocycles. The summed E-state index contributed by atoms with van der Waals surface area (Å²) in [6.45, 7) is 7.56. The van der Waals surface area contributed by atoms with E-state index in [9.17, 15) is 9.59 Å². The number of hydrogen-bond donors (Lipinski definition) is 3. The highest BCUT2D eigenvalue weighted by molar-refractivity contribution is 5.87. The maximum absolute atomic E-state index is 11.7. The third-order valence-corrected chi connectivity index (χ3v) is 2.28. The standard InChI is InChI=1S/C12H25N3O3/c1-8(11(17)15-12(2,3)4)14-10(16)6-9(7-13)18-5/h8-9H,6-7,13H2,1-5H3,(H,14,16)(H,15,17). The number of carbonyl (C=O) groups excluding carboxylic acids is 2. The number of carbonyl (C=O) groups is 2. The second-order valence-electron chi connectivity index (χ2n) is 5.33. The first-order valence-corrected chi connectivity index (χ1v) is 6.04. The summed E-state index contributed by atoms with van der Waals surface area (Å²) in [5.74, 6) is -0.457. The molecule has 2 amide bonds. The van der Waals surface area contributed by atoms with E-state index in [0.717, 1.165) is 0 Å². The van der Waals surface area contributed by atoms with Crippen molar-refractivity contribution in [2.75, 3.05) is 13.7 Å². The van der Waals surface area contributed by atoms with Gasteiger partial charge in [0.05, 0.1) is 12.5 Å². The molecule has 0 aliphatic rings. The van der Waals surface area contributed by atoms with Gasteiger partial charge in [-0.25, -0.2) is 0 Å². The molecule has 0 saturated carbocycles. The predicted octanol–water partition coefficient (Wildman–Crippen LogP) is -0.230. The summed E-state index contributed by atoms with van der Waals surface area (Å²) in [6, 6.07) is -0.577. The average molecular weight is 259 g/mol. The smallest absolute Gasteiger partial charge is 0.242 e. The highest BCUT2D eigenvalue weighted by Crippen LogP contribution is 2.00. The van der Waals surface area contributed by atoms with Crippen molar-refractivity contribution in [1.82, 2.24) is 10.6 Å². The molecule has 6 heteroatoms. The van der Waals surface area contributed by atoms with Crippen LogP contribution in [0.25, 0.3) is 0 Å². The van der Waals surface area contributed by atoms with Gasteiger partial charge in [-0.3, -0.25) is 9.59 Å². The fraction of sp³-hybridized carbons (Fsp3) is 0.833. The zero-order valence-corrected chi connectivity index (χ0v) is 11.9. The molecule has 0 saturated heterocycles. The second kappa shape index (κ2) is 7.33. The van der Waals surface area contributed by atoms with Gasteiger partial charge in [-0.15, -0.1) is 0 Å². The lowest BCUT2D eigenvalue weighted by Gasteiger charge is -2.24. The first-order valence-electron chi connectivity index (χ1n) is 6.04.